The van der Waals surface area contributed by atoms with Crippen LogP contribution in [0.15, 0.2) is 29.2 Å². The van der Waals surface area contributed by atoms with Gasteiger partial charge in [0.2, 0.25) is 10.0 Å². The standard InChI is InChI=1S/C15H26N2O2S/c1-4-6-14(5-2)17-20(18,19)15-9-7-13(8-10-15)11-12-16-3/h7-10,14,16-17H,4-6,11-12H2,1-3H3. The van der Waals surface area contributed by atoms with Crippen molar-refractivity contribution in [2.24, 2.45) is 0 Å². The highest BCUT2D eigenvalue weighted by atomic mass is 32.2. The van der Waals surface area contributed by atoms with E-state index in [0.29, 0.717) is 4.90 Å². The van der Waals surface area contributed by atoms with Crippen molar-refractivity contribution in [3.8, 4) is 0 Å². The predicted octanol–water partition coefficient (Wildman–Crippen LogP) is 2.31. The summed E-state index contributed by atoms with van der Waals surface area (Å²) in [4.78, 5) is 0.347. The van der Waals surface area contributed by atoms with Gasteiger partial charge in [0.05, 0.1) is 4.90 Å². The maximum absolute atomic E-state index is 12.3. The summed E-state index contributed by atoms with van der Waals surface area (Å²) in [5.41, 5.74) is 1.14. The van der Waals surface area contributed by atoms with E-state index in [1.165, 1.54) is 0 Å². The van der Waals surface area contributed by atoms with Gasteiger partial charge in [-0.2, -0.15) is 0 Å². The van der Waals surface area contributed by atoms with Crippen LogP contribution < -0.4 is 10.0 Å². The second kappa shape index (κ2) is 8.39. The second-order valence-electron chi connectivity index (χ2n) is 5.01. The Balaban J connectivity index is 2.76. The van der Waals surface area contributed by atoms with Gasteiger partial charge in [-0.15, -0.1) is 0 Å². The van der Waals surface area contributed by atoms with Crippen LogP contribution in [0.25, 0.3) is 0 Å². The highest BCUT2D eigenvalue weighted by Gasteiger charge is 2.18. The fourth-order valence-corrected chi connectivity index (χ4v) is 3.44. The molecule has 0 fully saturated rings. The van der Waals surface area contributed by atoms with E-state index in [0.717, 1.165) is 37.8 Å². The van der Waals surface area contributed by atoms with E-state index in [1.807, 2.05) is 26.1 Å². The summed E-state index contributed by atoms with van der Waals surface area (Å²) >= 11 is 0. The summed E-state index contributed by atoms with van der Waals surface area (Å²) in [5, 5.41) is 3.08. The normalized spacial score (nSPS) is 13.3. The molecule has 0 aliphatic rings. The number of hydrogen-bond acceptors (Lipinski definition) is 3. The molecule has 1 unspecified atom stereocenters. The highest BCUT2D eigenvalue weighted by Crippen LogP contribution is 2.13. The number of nitrogens with one attached hydrogen (secondary N) is 2. The van der Waals surface area contributed by atoms with Gasteiger partial charge in [-0.1, -0.05) is 32.4 Å². The van der Waals surface area contributed by atoms with Crippen LogP contribution in [-0.2, 0) is 16.4 Å². The van der Waals surface area contributed by atoms with Crippen LogP contribution in [0.5, 0.6) is 0 Å². The van der Waals surface area contributed by atoms with Crippen LogP contribution >= 0.6 is 0 Å². The van der Waals surface area contributed by atoms with Crippen molar-refractivity contribution in [1.82, 2.24) is 10.0 Å². The van der Waals surface area contributed by atoms with E-state index in [2.05, 4.69) is 17.0 Å². The lowest BCUT2D eigenvalue weighted by Crippen LogP contribution is -2.34. The van der Waals surface area contributed by atoms with Crippen molar-refractivity contribution in [3.05, 3.63) is 29.8 Å². The Morgan fingerprint density at radius 1 is 1.15 bits per heavy atom. The molecule has 0 amide bonds. The topological polar surface area (TPSA) is 58.2 Å². The van der Waals surface area contributed by atoms with Crippen LogP contribution in [0.1, 0.15) is 38.7 Å². The highest BCUT2D eigenvalue weighted by molar-refractivity contribution is 7.89. The zero-order valence-corrected chi connectivity index (χ0v) is 13.5. The van der Waals surface area contributed by atoms with Gasteiger partial charge in [-0.3, -0.25) is 0 Å². The first-order chi connectivity index (χ1) is 9.53. The molecule has 1 aromatic carbocycles. The number of likely N-dealkylation sites (N-methyl/N-ethyl adjacent to an activating group) is 1. The van der Waals surface area contributed by atoms with Gasteiger partial charge in [0.15, 0.2) is 0 Å². The van der Waals surface area contributed by atoms with Gasteiger partial charge in [-0.05, 0) is 50.6 Å². The molecule has 20 heavy (non-hydrogen) atoms. The molecule has 0 radical (unpaired) electrons. The molecule has 1 atom stereocenters. The molecular weight excluding hydrogens is 272 g/mol. The van der Waals surface area contributed by atoms with E-state index in [-0.39, 0.29) is 6.04 Å². The van der Waals surface area contributed by atoms with Gasteiger partial charge in [0, 0.05) is 6.04 Å². The molecule has 0 saturated heterocycles. The molecule has 0 aliphatic heterocycles. The number of sulfonamides is 1. The Labute approximate surface area is 123 Å². The fraction of sp³-hybridized carbons (Fsp3) is 0.600. The Morgan fingerprint density at radius 3 is 2.30 bits per heavy atom. The lowest BCUT2D eigenvalue weighted by atomic mass is 10.1. The van der Waals surface area contributed by atoms with Crippen molar-refractivity contribution in [1.29, 1.82) is 0 Å². The van der Waals surface area contributed by atoms with Crippen molar-refractivity contribution in [3.63, 3.8) is 0 Å². The third kappa shape index (κ3) is 5.23. The Morgan fingerprint density at radius 2 is 1.80 bits per heavy atom. The molecule has 0 saturated carbocycles. The first-order valence-electron chi connectivity index (χ1n) is 7.29. The number of hydrogen-bond donors (Lipinski definition) is 2. The summed E-state index contributed by atoms with van der Waals surface area (Å²) in [5.74, 6) is 0. The van der Waals surface area contributed by atoms with E-state index < -0.39 is 10.0 Å². The molecule has 0 bridgehead atoms. The maximum atomic E-state index is 12.3. The monoisotopic (exact) mass is 298 g/mol. The lowest BCUT2D eigenvalue weighted by Gasteiger charge is -2.16. The molecular formula is C15H26N2O2S. The van der Waals surface area contributed by atoms with E-state index in [1.54, 1.807) is 12.1 Å². The van der Waals surface area contributed by atoms with Crippen molar-refractivity contribution in [2.75, 3.05) is 13.6 Å². The van der Waals surface area contributed by atoms with Crippen LogP contribution in [0.3, 0.4) is 0 Å². The third-order valence-electron chi connectivity index (χ3n) is 3.35. The Kier molecular flexibility index (Phi) is 7.19. The molecule has 0 heterocycles. The molecule has 2 N–H and O–H groups in total. The molecule has 0 aliphatic carbocycles. The molecule has 0 spiro atoms. The van der Waals surface area contributed by atoms with Crippen molar-refractivity contribution < 1.29 is 8.42 Å². The summed E-state index contributed by atoms with van der Waals surface area (Å²) in [6.45, 7) is 4.95. The van der Waals surface area contributed by atoms with Gasteiger partial charge < -0.3 is 5.32 Å². The van der Waals surface area contributed by atoms with Gasteiger partial charge in [0.1, 0.15) is 0 Å². The smallest absolute Gasteiger partial charge is 0.240 e. The second-order valence-corrected chi connectivity index (χ2v) is 6.73. The maximum Gasteiger partial charge on any atom is 0.240 e. The van der Waals surface area contributed by atoms with Gasteiger partial charge in [-0.25, -0.2) is 13.1 Å². The Hall–Kier alpha value is -0.910. The molecule has 4 nitrogen and oxygen atoms in total. The molecule has 5 heteroatoms. The first kappa shape index (κ1) is 17.1. The molecule has 1 rings (SSSR count). The predicted molar refractivity (Wildman–Crippen MR) is 83.4 cm³/mol. The average Bonchev–Trinajstić information content (AvgIpc) is 2.45. The van der Waals surface area contributed by atoms with Crippen LogP contribution in [0, 0.1) is 0 Å². The SMILES string of the molecule is CCCC(CC)NS(=O)(=O)c1ccc(CCNC)cc1. The van der Waals surface area contributed by atoms with Crippen LogP contribution in [0.4, 0.5) is 0 Å². The first-order valence-corrected chi connectivity index (χ1v) is 8.77. The fourth-order valence-electron chi connectivity index (χ4n) is 2.09. The van der Waals surface area contributed by atoms with Crippen LogP contribution in [0.2, 0.25) is 0 Å². The van der Waals surface area contributed by atoms with E-state index >= 15 is 0 Å². The van der Waals surface area contributed by atoms with Crippen LogP contribution in [-0.4, -0.2) is 28.1 Å². The largest absolute Gasteiger partial charge is 0.319 e. The average molecular weight is 298 g/mol. The van der Waals surface area contributed by atoms with Gasteiger partial charge in [0.25, 0.3) is 0 Å². The minimum Gasteiger partial charge on any atom is -0.319 e. The summed E-state index contributed by atoms with van der Waals surface area (Å²) in [6.07, 6.45) is 3.56. The minimum atomic E-state index is -3.40. The van der Waals surface area contributed by atoms with Gasteiger partial charge >= 0.3 is 0 Å². The third-order valence-corrected chi connectivity index (χ3v) is 4.89. The zero-order chi connectivity index (χ0) is 15.0. The van der Waals surface area contributed by atoms with E-state index in [4.69, 9.17) is 0 Å². The quantitative estimate of drug-likeness (QED) is 0.735. The molecule has 0 aromatic heterocycles. The Bertz CT molecular complexity index is 483. The molecule has 114 valence electrons. The lowest BCUT2D eigenvalue weighted by molar-refractivity contribution is 0.512. The van der Waals surface area contributed by atoms with Crippen molar-refractivity contribution >= 4 is 10.0 Å². The zero-order valence-electron chi connectivity index (χ0n) is 12.6. The van der Waals surface area contributed by atoms with E-state index in [9.17, 15) is 8.42 Å². The summed E-state index contributed by atoms with van der Waals surface area (Å²) in [7, 11) is -1.49. The van der Waals surface area contributed by atoms with Crippen molar-refractivity contribution in [2.45, 2.75) is 50.5 Å². The summed E-state index contributed by atoms with van der Waals surface area (Å²) < 4.78 is 27.3. The summed E-state index contributed by atoms with van der Waals surface area (Å²) in [6, 6.07) is 7.16. The number of benzene rings is 1. The number of rotatable bonds is 9. The minimum absolute atomic E-state index is 0.0222. The molecule has 1 aromatic rings.